The highest BCUT2D eigenvalue weighted by Gasteiger charge is 2.33. The number of nitrogens with zero attached hydrogens (tertiary/aromatic N) is 3. The molecule has 2 rings (SSSR count). The van der Waals surface area contributed by atoms with Crippen LogP contribution in [0.15, 0.2) is 12.3 Å². The van der Waals surface area contributed by atoms with E-state index in [1.54, 1.807) is 6.20 Å². The summed E-state index contributed by atoms with van der Waals surface area (Å²) in [6, 6.07) is 1.96. The third-order valence-electron chi connectivity index (χ3n) is 3.16. The van der Waals surface area contributed by atoms with Gasteiger partial charge in [-0.2, -0.15) is 5.10 Å². The van der Waals surface area contributed by atoms with Crippen LogP contribution < -0.4 is 10.6 Å². The summed E-state index contributed by atoms with van der Waals surface area (Å²) in [5, 5.41) is 8.18. The zero-order valence-corrected chi connectivity index (χ0v) is 9.40. The first kappa shape index (κ1) is 10.4. The van der Waals surface area contributed by atoms with Gasteiger partial charge in [0.05, 0.1) is 6.20 Å². The number of hydrogen-bond acceptors (Lipinski definition) is 4. The molecule has 4 nitrogen and oxygen atoms in total. The molecule has 1 fully saturated rings. The van der Waals surface area contributed by atoms with Crippen molar-refractivity contribution in [1.82, 2.24) is 10.2 Å². The molecular formula is C11H18N4. The Balaban J connectivity index is 2.36. The van der Waals surface area contributed by atoms with E-state index in [2.05, 4.69) is 28.9 Å². The second-order valence-corrected chi connectivity index (χ2v) is 4.65. The van der Waals surface area contributed by atoms with Crippen LogP contribution in [0.1, 0.15) is 32.3 Å². The minimum Gasteiger partial charge on any atom is -0.350 e. The normalized spacial score (nSPS) is 19.5. The number of rotatable bonds is 2. The van der Waals surface area contributed by atoms with Crippen LogP contribution in [0.2, 0.25) is 0 Å². The van der Waals surface area contributed by atoms with Crippen molar-refractivity contribution in [3.63, 3.8) is 0 Å². The Morgan fingerprint density at radius 3 is 2.93 bits per heavy atom. The Labute approximate surface area is 90.5 Å². The first-order chi connectivity index (χ1) is 7.15. The molecule has 0 atom stereocenters. The fourth-order valence-corrected chi connectivity index (χ4v) is 2.24. The molecule has 4 heteroatoms. The summed E-state index contributed by atoms with van der Waals surface area (Å²) in [7, 11) is 0. The Hall–Kier alpha value is -1.16. The predicted octanol–water partition coefficient (Wildman–Crippen LogP) is 1.31. The molecule has 1 saturated heterocycles. The highest BCUT2D eigenvalue weighted by molar-refractivity contribution is 5.49. The average molecular weight is 206 g/mol. The first-order valence-electron chi connectivity index (χ1n) is 5.43. The largest absolute Gasteiger partial charge is 0.350 e. The third kappa shape index (κ3) is 1.81. The fraction of sp³-hybridized carbons (Fsp3) is 0.636. The van der Waals surface area contributed by atoms with Crippen LogP contribution in [0.25, 0.3) is 0 Å². The van der Waals surface area contributed by atoms with Gasteiger partial charge in [-0.25, -0.2) is 0 Å². The smallest absolute Gasteiger partial charge is 0.156 e. The number of nitrogens with two attached hydrogens (primary N) is 1. The Bertz CT molecular complexity index is 348. The zero-order valence-electron chi connectivity index (χ0n) is 9.40. The van der Waals surface area contributed by atoms with Crippen LogP contribution in [-0.2, 0) is 6.54 Å². The molecule has 1 aromatic rings. The summed E-state index contributed by atoms with van der Waals surface area (Å²) in [4.78, 5) is 2.32. The standard InChI is InChI=1S/C11H18N4/c1-11(2)5-3-7-15(11)10-9(8-12)4-6-13-14-10/h4,6H,3,5,7-8,12H2,1-2H3. The van der Waals surface area contributed by atoms with E-state index in [4.69, 9.17) is 5.73 Å². The molecule has 15 heavy (non-hydrogen) atoms. The van der Waals surface area contributed by atoms with Crippen molar-refractivity contribution >= 4 is 5.82 Å². The highest BCUT2D eigenvalue weighted by atomic mass is 15.3. The van der Waals surface area contributed by atoms with E-state index in [9.17, 15) is 0 Å². The SMILES string of the molecule is CC1(C)CCCN1c1nnccc1CN. The Morgan fingerprint density at radius 2 is 2.33 bits per heavy atom. The first-order valence-corrected chi connectivity index (χ1v) is 5.43. The van der Waals surface area contributed by atoms with Crippen LogP contribution in [-0.4, -0.2) is 22.3 Å². The van der Waals surface area contributed by atoms with E-state index in [-0.39, 0.29) is 5.54 Å². The van der Waals surface area contributed by atoms with E-state index in [1.165, 1.54) is 12.8 Å². The van der Waals surface area contributed by atoms with Gasteiger partial charge in [-0.15, -0.1) is 5.10 Å². The van der Waals surface area contributed by atoms with Crippen LogP contribution >= 0.6 is 0 Å². The quantitative estimate of drug-likeness (QED) is 0.792. The molecule has 0 aromatic carbocycles. The van der Waals surface area contributed by atoms with E-state index in [0.29, 0.717) is 6.54 Å². The van der Waals surface area contributed by atoms with Crippen molar-refractivity contribution < 1.29 is 0 Å². The minimum atomic E-state index is 0.181. The summed E-state index contributed by atoms with van der Waals surface area (Å²) in [5.74, 6) is 0.961. The average Bonchev–Trinajstić information content (AvgIpc) is 2.58. The van der Waals surface area contributed by atoms with Crippen LogP contribution in [0, 0.1) is 0 Å². The van der Waals surface area contributed by atoms with Crippen LogP contribution in [0.3, 0.4) is 0 Å². The van der Waals surface area contributed by atoms with Crippen molar-refractivity contribution in [3.8, 4) is 0 Å². The van der Waals surface area contributed by atoms with E-state index in [0.717, 1.165) is 17.9 Å². The van der Waals surface area contributed by atoms with Gasteiger partial charge in [-0.1, -0.05) is 0 Å². The summed E-state index contributed by atoms with van der Waals surface area (Å²) >= 11 is 0. The number of hydrogen-bond donors (Lipinski definition) is 1. The monoisotopic (exact) mass is 206 g/mol. The van der Waals surface area contributed by atoms with Gasteiger partial charge in [0, 0.05) is 24.2 Å². The van der Waals surface area contributed by atoms with Crippen molar-refractivity contribution in [2.75, 3.05) is 11.4 Å². The lowest BCUT2D eigenvalue weighted by molar-refractivity contribution is 0.511. The molecule has 82 valence electrons. The van der Waals surface area contributed by atoms with Crippen LogP contribution in [0.5, 0.6) is 0 Å². The molecule has 0 aliphatic carbocycles. The summed E-state index contributed by atoms with van der Waals surface area (Å²) in [6.45, 7) is 6.07. The number of anilines is 1. The number of aromatic nitrogens is 2. The molecule has 1 aliphatic rings. The molecule has 0 saturated carbocycles. The second kappa shape index (κ2) is 3.77. The van der Waals surface area contributed by atoms with Gasteiger partial charge in [-0.05, 0) is 32.8 Å². The van der Waals surface area contributed by atoms with Crippen molar-refractivity contribution in [2.45, 2.75) is 38.8 Å². The maximum atomic E-state index is 5.71. The minimum absolute atomic E-state index is 0.181. The van der Waals surface area contributed by atoms with Gasteiger partial charge in [0.25, 0.3) is 0 Å². The lowest BCUT2D eigenvalue weighted by Crippen LogP contribution is -2.39. The molecule has 0 amide bonds. The molecule has 1 aliphatic heterocycles. The van der Waals surface area contributed by atoms with E-state index in [1.807, 2.05) is 6.07 Å². The Morgan fingerprint density at radius 1 is 1.53 bits per heavy atom. The summed E-state index contributed by atoms with van der Waals surface area (Å²) in [5.41, 5.74) is 6.98. The zero-order chi connectivity index (χ0) is 10.9. The van der Waals surface area contributed by atoms with Crippen molar-refractivity contribution in [2.24, 2.45) is 5.73 Å². The molecule has 0 bridgehead atoms. The van der Waals surface area contributed by atoms with Gasteiger partial charge < -0.3 is 10.6 Å². The van der Waals surface area contributed by atoms with Gasteiger partial charge in [0.1, 0.15) is 0 Å². The topological polar surface area (TPSA) is 55.0 Å². The fourth-order valence-electron chi connectivity index (χ4n) is 2.24. The molecule has 0 radical (unpaired) electrons. The van der Waals surface area contributed by atoms with Gasteiger partial charge in [0.15, 0.2) is 5.82 Å². The highest BCUT2D eigenvalue weighted by Crippen LogP contribution is 2.33. The van der Waals surface area contributed by atoms with Gasteiger partial charge in [-0.3, -0.25) is 0 Å². The maximum absolute atomic E-state index is 5.71. The molecule has 2 heterocycles. The van der Waals surface area contributed by atoms with E-state index >= 15 is 0 Å². The second-order valence-electron chi connectivity index (χ2n) is 4.65. The lowest BCUT2D eigenvalue weighted by atomic mass is 10.0. The van der Waals surface area contributed by atoms with Crippen LogP contribution in [0.4, 0.5) is 5.82 Å². The third-order valence-corrected chi connectivity index (χ3v) is 3.16. The predicted molar refractivity (Wildman–Crippen MR) is 60.6 cm³/mol. The summed E-state index contributed by atoms with van der Waals surface area (Å²) < 4.78 is 0. The molecule has 0 spiro atoms. The van der Waals surface area contributed by atoms with E-state index < -0.39 is 0 Å². The lowest BCUT2D eigenvalue weighted by Gasteiger charge is -2.33. The molecular weight excluding hydrogens is 188 g/mol. The molecule has 1 aromatic heterocycles. The Kier molecular flexibility index (Phi) is 2.61. The van der Waals surface area contributed by atoms with Gasteiger partial charge >= 0.3 is 0 Å². The van der Waals surface area contributed by atoms with Crippen molar-refractivity contribution in [1.29, 1.82) is 0 Å². The molecule has 2 N–H and O–H groups in total. The summed E-state index contributed by atoms with van der Waals surface area (Å²) in [6.07, 6.45) is 4.12. The molecule has 0 unspecified atom stereocenters. The maximum Gasteiger partial charge on any atom is 0.156 e. The van der Waals surface area contributed by atoms with Crippen molar-refractivity contribution in [3.05, 3.63) is 17.8 Å². The van der Waals surface area contributed by atoms with Gasteiger partial charge in [0.2, 0.25) is 0 Å².